The largest absolute Gasteiger partial charge is 0.423 e. The molecule has 2 atom stereocenters. The number of aryl methyl sites for hydroxylation is 2. The van der Waals surface area contributed by atoms with E-state index in [2.05, 4.69) is 21.6 Å². The molecule has 4 rings (SSSR count). The number of ether oxygens (including phenoxy) is 1. The van der Waals surface area contributed by atoms with Crippen molar-refractivity contribution in [1.82, 2.24) is 15.1 Å². The molecule has 122 valence electrons. The Balaban J connectivity index is 1.51. The van der Waals surface area contributed by atoms with E-state index in [1.165, 1.54) is 10.4 Å². The maximum absolute atomic E-state index is 13.0. The lowest BCUT2D eigenvalue weighted by atomic mass is 9.86. The summed E-state index contributed by atoms with van der Waals surface area (Å²) in [6.45, 7) is 3.36. The summed E-state index contributed by atoms with van der Waals surface area (Å²) in [5.41, 5.74) is 1.22. The van der Waals surface area contributed by atoms with Crippen molar-refractivity contribution < 1.29 is 13.9 Å². The minimum absolute atomic E-state index is 0.00632. The van der Waals surface area contributed by atoms with Crippen LogP contribution in [-0.4, -0.2) is 40.7 Å². The first kappa shape index (κ1) is 14.8. The number of carbonyl (C=O) groups excluding carboxylic acids is 1. The normalized spacial score (nSPS) is 24.5. The molecule has 0 saturated carbocycles. The SMILES string of the molecule is Cc1nnc([C@@H]2CN(C(=O)[C@H]3CCCc4sccc43)CCO2)o1. The number of morpholine rings is 1. The van der Waals surface area contributed by atoms with E-state index < -0.39 is 0 Å². The second-order valence-electron chi connectivity index (χ2n) is 6.05. The number of rotatable bonds is 2. The summed E-state index contributed by atoms with van der Waals surface area (Å²) < 4.78 is 11.2. The molecule has 1 aliphatic heterocycles. The van der Waals surface area contributed by atoms with E-state index >= 15 is 0 Å². The highest BCUT2D eigenvalue weighted by molar-refractivity contribution is 7.10. The standard InChI is InChI=1S/C16H19N3O3S/c1-10-17-18-15(22-10)13-9-19(6-7-21-13)16(20)12-3-2-4-14-11(12)5-8-23-14/h5,8,12-13H,2-4,6-7,9H2,1H3/t12-,13-/m0/s1. The quantitative estimate of drug-likeness (QED) is 0.844. The van der Waals surface area contributed by atoms with Crippen molar-refractivity contribution in [3.05, 3.63) is 33.7 Å². The van der Waals surface area contributed by atoms with Crippen LogP contribution in [0.2, 0.25) is 0 Å². The molecular formula is C16H19N3O3S. The molecular weight excluding hydrogens is 314 g/mol. The third kappa shape index (κ3) is 2.79. The third-order valence-electron chi connectivity index (χ3n) is 4.55. The van der Waals surface area contributed by atoms with E-state index in [1.807, 2.05) is 4.90 Å². The third-order valence-corrected chi connectivity index (χ3v) is 5.54. The molecule has 3 heterocycles. The van der Waals surface area contributed by atoms with Gasteiger partial charge in [0.25, 0.3) is 0 Å². The Hall–Kier alpha value is -1.73. The summed E-state index contributed by atoms with van der Waals surface area (Å²) >= 11 is 1.76. The van der Waals surface area contributed by atoms with Crippen molar-refractivity contribution in [2.24, 2.45) is 0 Å². The Morgan fingerprint density at radius 1 is 1.43 bits per heavy atom. The first-order valence-corrected chi connectivity index (χ1v) is 8.87. The van der Waals surface area contributed by atoms with Crippen molar-refractivity contribution in [3.8, 4) is 0 Å². The van der Waals surface area contributed by atoms with Crippen molar-refractivity contribution in [2.75, 3.05) is 19.7 Å². The minimum Gasteiger partial charge on any atom is -0.423 e. The maximum Gasteiger partial charge on any atom is 0.246 e. The van der Waals surface area contributed by atoms with Gasteiger partial charge in [-0.1, -0.05) is 0 Å². The van der Waals surface area contributed by atoms with Gasteiger partial charge in [0.1, 0.15) is 0 Å². The van der Waals surface area contributed by atoms with Gasteiger partial charge in [0.05, 0.1) is 19.1 Å². The smallest absolute Gasteiger partial charge is 0.246 e. The minimum atomic E-state index is -0.320. The van der Waals surface area contributed by atoms with E-state index in [9.17, 15) is 4.79 Å². The Morgan fingerprint density at radius 2 is 2.35 bits per heavy atom. The molecule has 2 aliphatic rings. The molecule has 0 radical (unpaired) electrons. The fraction of sp³-hybridized carbons (Fsp3) is 0.562. The number of hydrogen-bond acceptors (Lipinski definition) is 6. The molecule has 0 N–H and O–H groups in total. The highest BCUT2D eigenvalue weighted by Gasteiger charge is 2.35. The molecule has 0 unspecified atom stereocenters. The molecule has 23 heavy (non-hydrogen) atoms. The maximum atomic E-state index is 13.0. The van der Waals surface area contributed by atoms with Crippen LogP contribution in [-0.2, 0) is 16.0 Å². The summed E-state index contributed by atoms with van der Waals surface area (Å²) in [6.07, 6.45) is 2.80. The second kappa shape index (κ2) is 6.05. The van der Waals surface area contributed by atoms with E-state index in [4.69, 9.17) is 9.15 Å². The zero-order chi connectivity index (χ0) is 15.8. The predicted molar refractivity (Wildman–Crippen MR) is 84.3 cm³/mol. The predicted octanol–water partition coefficient (Wildman–Crippen LogP) is 2.46. The van der Waals surface area contributed by atoms with Gasteiger partial charge in [-0.3, -0.25) is 4.79 Å². The van der Waals surface area contributed by atoms with Gasteiger partial charge in [-0.15, -0.1) is 21.5 Å². The van der Waals surface area contributed by atoms with Crippen LogP contribution in [0.15, 0.2) is 15.9 Å². The van der Waals surface area contributed by atoms with Crippen molar-refractivity contribution in [2.45, 2.75) is 38.2 Å². The van der Waals surface area contributed by atoms with Gasteiger partial charge in [-0.25, -0.2) is 0 Å². The zero-order valence-corrected chi connectivity index (χ0v) is 13.8. The molecule has 0 spiro atoms. The van der Waals surface area contributed by atoms with Crippen molar-refractivity contribution in [3.63, 3.8) is 0 Å². The van der Waals surface area contributed by atoms with Gasteiger partial charge in [0.2, 0.25) is 17.7 Å². The zero-order valence-electron chi connectivity index (χ0n) is 13.0. The lowest BCUT2D eigenvalue weighted by Crippen LogP contribution is -2.44. The van der Waals surface area contributed by atoms with Gasteiger partial charge in [-0.05, 0) is 36.3 Å². The van der Waals surface area contributed by atoms with Crippen LogP contribution in [0.5, 0.6) is 0 Å². The van der Waals surface area contributed by atoms with Crippen LogP contribution in [0.4, 0.5) is 0 Å². The molecule has 1 aliphatic carbocycles. The van der Waals surface area contributed by atoms with Crippen LogP contribution in [0.25, 0.3) is 0 Å². The summed E-state index contributed by atoms with van der Waals surface area (Å²) in [7, 11) is 0. The van der Waals surface area contributed by atoms with E-state index in [1.54, 1.807) is 18.3 Å². The summed E-state index contributed by atoms with van der Waals surface area (Å²) in [5, 5.41) is 9.97. The fourth-order valence-corrected chi connectivity index (χ4v) is 4.39. The Bertz CT molecular complexity index is 711. The first-order chi connectivity index (χ1) is 11.2. The number of fused-ring (bicyclic) bond motifs is 1. The monoisotopic (exact) mass is 333 g/mol. The number of carbonyl (C=O) groups is 1. The second-order valence-corrected chi connectivity index (χ2v) is 7.05. The van der Waals surface area contributed by atoms with E-state index in [0.29, 0.717) is 31.5 Å². The van der Waals surface area contributed by atoms with Gasteiger partial charge in [-0.2, -0.15) is 0 Å². The van der Waals surface area contributed by atoms with Gasteiger partial charge >= 0.3 is 0 Å². The van der Waals surface area contributed by atoms with Crippen molar-refractivity contribution in [1.29, 1.82) is 0 Å². The fourth-order valence-electron chi connectivity index (χ4n) is 3.40. The summed E-state index contributed by atoms with van der Waals surface area (Å²) in [6, 6.07) is 2.11. The number of hydrogen-bond donors (Lipinski definition) is 0. The number of nitrogens with zero attached hydrogens (tertiary/aromatic N) is 3. The van der Waals surface area contributed by atoms with Gasteiger partial charge in [0, 0.05) is 18.3 Å². The average Bonchev–Trinajstić information content (AvgIpc) is 3.22. The van der Waals surface area contributed by atoms with Crippen LogP contribution in [0.1, 0.15) is 47.1 Å². The molecule has 1 amide bonds. The first-order valence-electron chi connectivity index (χ1n) is 7.99. The lowest BCUT2D eigenvalue weighted by molar-refractivity contribution is -0.141. The molecule has 1 saturated heterocycles. The Kier molecular flexibility index (Phi) is 3.90. The van der Waals surface area contributed by atoms with Crippen LogP contribution < -0.4 is 0 Å². The lowest BCUT2D eigenvalue weighted by Gasteiger charge is -2.34. The number of aromatic nitrogens is 2. The molecule has 6 nitrogen and oxygen atoms in total. The van der Waals surface area contributed by atoms with Gasteiger partial charge < -0.3 is 14.1 Å². The Morgan fingerprint density at radius 3 is 3.17 bits per heavy atom. The molecule has 1 fully saturated rings. The van der Waals surface area contributed by atoms with Crippen molar-refractivity contribution >= 4 is 17.2 Å². The number of amides is 1. The molecule has 2 aromatic heterocycles. The Labute approximate surface area is 138 Å². The van der Waals surface area contributed by atoms with E-state index in [0.717, 1.165) is 19.3 Å². The highest BCUT2D eigenvalue weighted by Crippen LogP contribution is 2.36. The number of thiophene rings is 1. The molecule has 2 aromatic rings. The van der Waals surface area contributed by atoms with E-state index in [-0.39, 0.29) is 17.9 Å². The van der Waals surface area contributed by atoms with Crippen LogP contribution in [0, 0.1) is 6.92 Å². The summed E-state index contributed by atoms with van der Waals surface area (Å²) in [4.78, 5) is 16.3. The van der Waals surface area contributed by atoms with Crippen LogP contribution >= 0.6 is 11.3 Å². The van der Waals surface area contributed by atoms with Gasteiger partial charge in [0.15, 0.2) is 6.10 Å². The topological polar surface area (TPSA) is 68.5 Å². The molecule has 0 aromatic carbocycles. The van der Waals surface area contributed by atoms with Crippen LogP contribution in [0.3, 0.4) is 0 Å². The molecule has 7 heteroatoms. The molecule has 0 bridgehead atoms. The highest BCUT2D eigenvalue weighted by atomic mass is 32.1. The average molecular weight is 333 g/mol. The summed E-state index contributed by atoms with van der Waals surface area (Å²) in [5.74, 6) is 1.17.